The number of rotatable bonds is 2. The maximum atomic E-state index is 12.2. The Morgan fingerprint density at radius 1 is 1.12 bits per heavy atom. The molecule has 2 heteroatoms. The SMILES string of the molecule is CC(C)(C)C(=O)CN1CCCC2CCCCC21. The molecule has 0 aromatic rings. The molecule has 0 spiro atoms. The third kappa shape index (κ3) is 3.09. The van der Waals surface area contributed by atoms with Gasteiger partial charge in [0, 0.05) is 11.5 Å². The van der Waals surface area contributed by atoms with Gasteiger partial charge in [0.25, 0.3) is 0 Å². The highest BCUT2D eigenvalue weighted by molar-refractivity contribution is 5.85. The number of fused-ring (bicyclic) bond motifs is 1. The van der Waals surface area contributed by atoms with E-state index in [9.17, 15) is 4.79 Å². The molecule has 2 aliphatic rings. The number of Topliss-reactive ketones (excluding diaryl/α,β-unsaturated/α-hetero) is 1. The molecule has 1 saturated carbocycles. The third-order valence-corrected chi connectivity index (χ3v) is 4.54. The first kappa shape index (κ1) is 13.1. The van der Waals surface area contributed by atoms with E-state index in [4.69, 9.17) is 0 Å². The van der Waals surface area contributed by atoms with Gasteiger partial charge in [-0.15, -0.1) is 0 Å². The van der Waals surface area contributed by atoms with Crippen molar-refractivity contribution in [2.75, 3.05) is 13.1 Å². The van der Waals surface area contributed by atoms with Crippen molar-refractivity contribution in [3.05, 3.63) is 0 Å². The van der Waals surface area contributed by atoms with Gasteiger partial charge in [-0.3, -0.25) is 9.69 Å². The summed E-state index contributed by atoms with van der Waals surface area (Å²) in [6, 6.07) is 0.712. The highest BCUT2D eigenvalue weighted by Gasteiger charge is 2.35. The molecule has 2 atom stereocenters. The number of hydrogen-bond acceptors (Lipinski definition) is 2. The molecule has 1 aliphatic carbocycles. The number of likely N-dealkylation sites (tertiary alicyclic amines) is 1. The predicted molar refractivity (Wildman–Crippen MR) is 71.0 cm³/mol. The van der Waals surface area contributed by atoms with Crippen molar-refractivity contribution in [1.29, 1.82) is 0 Å². The highest BCUT2D eigenvalue weighted by atomic mass is 16.1. The Kier molecular flexibility index (Phi) is 3.92. The fraction of sp³-hybridized carbons (Fsp3) is 0.933. The van der Waals surface area contributed by atoms with Crippen LogP contribution in [-0.4, -0.2) is 29.8 Å². The minimum absolute atomic E-state index is 0.179. The molecule has 2 fully saturated rings. The average molecular weight is 237 g/mol. The van der Waals surface area contributed by atoms with E-state index in [1.165, 1.54) is 38.5 Å². The first-order valence-corrected chi connectivity index (χ1v) is 7.26. The summed E-state index contributed by atoms with van der Waals surface area (Å²) < 4.78 is 0. The molecule has 0 aromatic heterocycles. The summed E-state index contributed by atoms with van der Waals surface area (Å²) >= 11 is 0. The Balaban J connectivity index is 1.97. The van der Waals surface area contributed by atoms with E-state index in [1.807, 2.05) is 20.8 Å². The molecular formula is C15H27NO. The minimum atomic E-state index is -0.179. The molecule has 98 valence electrons. The van der Waals surface area contributed by atoms with E-state index in [0.717, 1.165) is 12.5 Å². The van der Waals surface area contributed by atoms with E-state index in [2.05, 4.69) is 4.90 Å². The van der Waals surface area contributed by atoms with Crippen LogP contribution in [0, 0.1) is 11.3 Å². The maximum absolute atomic E-state index is 12.2. The van der Waals surface area contributed by atoms with Gasteiger partial charge in [0.1, 0.15) is 0 Å². The third-order valence-electron chi connectivity index (χ3n) is 4.54. The van der Waals surface area contributed by atoms with Gasteiger partial charge in [-0.1, -0.05) is 33.6 Å². The molecule has 1 saturated heterocycles. The normalized spacial score (nSPS) is 31.0. The van der Waals surface area contributed by atoms with Crippen molar-refractivity contribution in [2.24, 2.45) is 11.3 Å². The van der Waals surface area contributed by atoms with Crippen LogP contribution in [-0.2, 0) is 4.79 Å². The van der Waals surface area contributed by atoms with Crippen molar-refractivity contribution in [1.82, 2.24) is 4.90 Å². The summed E-state index contributed by atoms with van der Waals surface area (Å²) in [4.78, 5) is 14.7. The Hall–Kier alpha value is -0.370. The second-order valence-corrected chi connectivity index (χ2v) is 6.90. The first-order chi connectivity index (χ1) is 7.98. The fourth-order valence-electron chi connectivity index (χ4n) is 3.35. The average Bonchev–Trinajstić information content (AvgIpc) is 2.28. The van der Waals surface area contributed by atoms with E-state index >= 15 is 0 Å². The van der Waals surface area contributed by atoms with Crippen LogP contribution in [0.2, 0.25) is 0 Å². The van der Waals surface area contributed by atoms with Crippen LogP contribution in [0.3, 0.4) is 0 Å². The van der Waals surface area contributed by atoms with Crippen LogP contribution < -0.4 is 0 Å². The molecule has 2 unspecified atom stereocenters. The van der Waals surface area contributed by atoms with Crippen LogP contribution in [0.4, 0.5) is 0 Å². The number of piperidine rings is 1. The molecule has 0 radical (unpaired) electrons. The van der Waals surface area contributed by atoms with Crippen LogP contribution in [0.25, 0.3) is 0 Å². The molecular weight excluding hydrogens is 210 g/mol. The van der Waals surface area contributed by atoms with Gasteiger partial charge in [0.05, 0.1) is 6.54 Å². The van der Waals surface area contributed by atoms with Gasteiger partial charge in [-0.2, -0.15) is 0 Å². The molecule has 0 aromatic carbocycles. The summed E-state index contributed by atoms with van der Waals surface area (Å²) in [6.07, 6.45) is 8.17. The number of ketones is 1. The molecule has 1 aliphatic heterocycles. The number of carbonyl (C=O) groups is 1. The van der Waals surface area contributed by atoms with E-state index in [-0.39, 0.29) is 5.41 Å². The van der Waals surface area contributed by atoms with Crippen LogP contribution in [0.5, 0.6) is 0 Å². The number of nitrogens with zero attached hydrogens (tertiary/aromatic N) is 1. The molecule has 2 rings (SSSR count). The van der Waals surface area contributed by atoms with E-state index < -0.39 is 0 Å². The largest absolute Gasteiger partial charge is 0.298 e. The lowest BCUT2D eigenvalue weighted by molar-refractivity contribution is -0.129. The van der Waals surface area contributed by atoms with Crippen LogP contribution in [0.1, 0.15) is 59.3 Å². The van der Waals surface area contributed by atoms with Gasteiger partial charge in [-0.25, -0.2) is 0 Å². The van der Waals surface area contributed by atoms with Crippen molar-refractivity contribution in [3.8, 4) is 0 Å². The topological polar surface area (TPSA) is 20.3 Å². The van der Waals surface area contributed by atoms with Gasteiger partial charge in [0.2, 0.25) is 0 Å². The van der Waals surface area contributed by atoms with Crippen molar-refractivity contribution < 1.29 is 4.79 Å². The first-order valence-electron chi connectivity index (χ1n) is 7.26. The molecule has 0 amide bonds. The fourth-order valence-corrected chi connectivity index (χ4v) is 3.35. The molecule has 0 N–H and O–H groups in total. The number of hydrogen-bond donors (Lipinski definition) is 0. The van der Waals surface area contributed by atoms with Gasteiger partial charge >= 0.3 is 0 Å². The summed E-state index contributed by atoms with van der Waals surface area (Å²) in [7, 11) is 0. The number of carbonyl (C=O) groups excluding carboxylic acids is 1. The monoisotopic (exact) mass is 237 g/mol. The summed E-state index contributed by atoms with van der Waals surface area (Å²) in [5, 5.41) is 0. The predicted octanol–water partition coefficient (Wildman–Crippen LogP) is 3.26. The van der Waals surface area contributed by atoms with Gasteiger partial charge < -0.3 is 0 Å². The smallest absolute Gasteiger partial charge is 0.152 e. The molecule has 1 heterocycles. The summed E-state index contributed by atoms with van der Waals surface area (Å²) in [5.41, 5.74) is -0.179. The maximum Gasteiger partial charge on any atom is 0.152 e. The van der Waals surface area contributed by atoms with Crippen LogP contribution >= 0.6 is 0 Å². The molecule has 17 heavy (non-hydrogen) atoms. The molecule has 2 nitrogen and oxygen atoms in total. The minimum Gasteiger partial charge on any atom is -0.298 e. The van der Waals surface area contributed by atoms with Gasteiger partial charge in [-0.05, 0) is 38.1 Å². The Morgan fingerprint density at radius 2 is 1.76 bits per heavy atom. The Morgan fingerprint density at radius 3 is 2.47 bits per heavy atom. The van der Waals surface area contributed by atoms with Gasteiger partial charge in [0.15, 0.2) is 5.78 Å². The lowest BCUT2D eigenvalue weighted by Crippen LogP contribution is -2.50. The van der Waals surface area contributed by atoms with E-state index in [1.54, 1.807) is 0 Å². The zero-order valence-corrected chi connectivity index (χ0v) is 11.7. The van der Waals surface area contributed by atoms with Crippen molar-refractivity contribution in [2.45, 2.75) is 65.3 Å². The standard InChI is InChI=1S/C15H27NO/c1-15(2,3)14(17)11-16-10-6-8-12-7-4-5-9-13(12)16/h12-13H,4-11H2,1-3H3. The summed E-state index contributed by atoms with van der Waals surface area (Å²) in [6.45, 7) is 7.94. The quantitative estimate of drug-likeness (QED) is 0.735. The zero-order chi connectivity index (χ0) is 12.5. The second-order valence-electron chi connectivity index (χ2n) is 6.90. The van der Waals surface area contributed by atoms with Crippen molar-refractivity contribution >= 4 is 5.78 Å². The van der Waals surface area contributed by atoms with Crippen LogP contribution in [0.15, 0.2) is 0 Å². The molecule has 0 bridgehead atoms. The Labute approximate surface area is 106 Å². The lowest BCUT2D eigenvalue weighted by atomic mass is 9.78. The van der Waals surface area contributed by atoms with Crippen molar-refractivity contribution in [3.63, 3.8) is 0 Å². The Bertz CT molecular complexity index is 277. The highest BCUT2D eigenvalue weighted by Crippen LogP contribution is 2.35. The zero-order valence-electron chi connectivity index (χ0n) is 11.7. The van der Waals surface area contributed by atoms with E-state index in [0.29, 0.717) is 18.4 Å². The summed E-state index contributed by atoms with van der Waals surface area (Å²) in [5.74, 6) is 1.29. The second kappa shape index (κ2) is 5.09. The lowest BCUT2D eigenvalue weighted by Gasteiger charge is -2.44.